The van der Waals surface area contributed by atoms with Crippen molar-refractivity contribution < 1.29 is 9.53 Å². The summed E-state index contributed by atoms with van der Waals surface area (Å²) in [5.41, 5.74) is -0.325. The molecule has 0 saturated heterocycles. The summed E-state index contributed by atoms with van der Waals surface area (Å²) in [4.78, 5) is 11.3. The molecule has 0 aliphatic heterocycles. The molecular formula is C9H17IO2. The van der Waals surface area contributed by atoms with Gasteiger partial charge in [0, 0.05) is 4.43 Å². The fourth-order valence-corrected chi connectivity index (χ4v) is 0.871. The summed E-state index contributed by atoms with van der Waals surface area (Å²) in [5.74, 6) is -0.0784. The van der Waals surface area contributed by atoms with Gasteiger partial charge in [-0.25, -0.2) is 0 Å². The van der Waals surface area contributed by atoms with Crippen LogP contribution in [0.5, 0.6) is 0 Å². The Labute approximate surface area is 88.2 Å². The molecule has 0 fully saturated rings. The minimum atomic E-state index is -0.325. The molecule has 0 unspecified atom stereocenters. The standard InChI is InChI=1S/C9H17IO2/c1-4-5-6-12-8(11)9(2,3)7-10/h4-7H2,1-3H3. The lowest BCUT2D eigenvalue weighted by Gasteiger charge is -2.19. The van der Waals surface area contributed by atoms with Gasteiger partial charge in [0.1, 0.15) is 0 Å². The number of alkyl halides is 1. The number of unbranched alkanes of at least 4 members (excludes halogenated alkanes) is 1. The molecule has 0 radical (unpaired) electrons. The number of rotatable bonds is 5. The second-order valence-electron chi connectivity index (χ2n) is 3.51. The third-order valence-corrected chi connectivity index (χ3v) is 3.52. The predicted molar refractivity (Wildman–Crippen MR) is 58.5 cm³/mol. The number of halogens is 1. The van der Waals surface area contributed by atoms with Crippen LogP contribution in [0.1, 0.15) is 33.6 Å². The molecule has 0 amide bonds. The Hall–Kier alpha value is 0.200. The topological polar surface area (TPSA) is 26.3 Å². The van der Waals surface area contributed by atoms with Crippen molar-refractivity contribution in [3.8, 4) is 0 Å². The molecule has 0 spiro atoms. The van der Waals surface area contributed by atoms with Gasteiger partial charge in [-0.3, -0.25) is 4.79 Å². The van der Waals surface area contributed by atoms with Gasteiger partial charge in [-0.05, 0) is 20.3 Å². The lowest BCUT2D eigenvalue weighted by Crippen LogP contribution is -2.28. The van der Waals surface area contributed by atoms with E-state index in [1.165, 1.54) is 0 Å². The van der Waals surface area contributed by atoms with E-state index in [2.05, 4.69) is 29.5 Å². The van der Waals surface area contributed by atoms with Crippen molar-refractivity contribution in [2.24, 2.45) is 5.41 Å². The highest BCUT2D eigenvalue weighted by atomic mass is 127. The average molecular weight is 284 g/mol. The van der Waals surface area contributed by atoms with Crippen LogP contribution >= 0.6 is 22.6 Å². The summed E-state index contributed by atoms with van der Waals surface area (Å²) in [6.07, 6.45) is 2.03. The highest BCUT2D eigenvalue weighted by Gasteiger charge is 2.27. The van der Waals surface area contributed by atoms with Gasteiger partial charge in [0.2, 0.25) is 0 Å². The van der Waals surface area contributed by atoms with E-state index in [0.717, 1.165) is 17.3 Å². The molecule has 0 aromatic carbocycles. The van der Waals surface area contributed by atoms with Gasteiger partial charge in [-0.1, -0.05) is 35.9 Å². The first-order chi connectivity index (χ1) is 5.54. The zero-order valence-corrected chi connectivity index (χ0v) is 10.2. The normalized spacial score (nSPS) is 11.3. The predicted octanol–water partition coefficient (Wildman–Crippen LogP) is 2.79. The third kappa shape index (κ3) is 4.28. The van der Waals surface area contributed by atoms with Gasteiger partial charge in [0.25, 0.3) is 0 Å². The monoisotopic (exact) mass is 284 g/mol. The Morgan fingerprint density at radius 1 is 1.50 bits per heavy atom. The largest absolute Gasteiger partial charge is 0.465 e. The highest BCUT2D eigenvalue weighted by molar-refractivity contribution is 14.1. The van der Waals surface area contributed by atoms with Gasteiger partial charge >= 0.3 is 5.97 Å². The molecular weight excluding hydrogens is 267 g/mol. The van der Waals surface area contributed by atoms with Crippen molar-refractivity contribution in [1.29, 1.82) is 0 Å². The number of ether oxygens (including phenoxy) is 1. The molecule has 0 bridgehead atoms. The van der Waals surface area contributed by atoms with Crippen LogP contribution in [0, 0.1) is 5.41 Å². The van der Waals surface area contributed by atoms with Gasteiger partial charge in [-0.2, -0.15) is 0 Å². The lowest BCUT2D eigenvalue weighted by molar-refractivity contribution is -0.152. The molecule has 0 aromatic heterocycles. The van der Waals surface area contributed by atoms with Crippen LogP contribution in [-0.4, -0.2) is 17.0 Å². The Morgan fingerprint density at radius 2 is 2.08 bits per heavy atom. The van der Waals surface area contributed by atoms with E-state index < -0.39 is 0 Å². The van der Waals surface area contributed by atoms with Gasteiger partial charge in [-0.15, -0.1) is 0 Å². The van der Waals surface area contributed by atoms with Gasteiger partial charge in [0.05, 0.1) is 12.0 Å². The van der Waals surface area contributed by atoms with Crippen LogP contribution < -0.4 is 0 Å². The zero-order valence-electron chi connectivity index (χ0n) is 8.02. The molecule has 12 heavy (non-hydrogen) atoms. The van der Waals surface area contributed by atoms with Crippen molar-refractivity contribution in [1.82, 2.24) is 0 Å². The molecule has 0 aromatic rings. The van der Waals surface area contributed by atoms with E-state index in [1.807, 2.05) is 13.8 Å². The zero-order chi connectivity index (χ0) is 9.61. The number of hydrogen-bond donors (Lipinski definition) is 0. The number of esters is 1. The van der Waals surface area contributed by atoms with Crippen molar-refractivity contribution >= 4 is 28.6 Å². The number of carbonyl (C=O) groups excluding carboxylic acids is 1. The van der Waals surface area contributed by atoms with E-state index in [0.29, 0.717) is 6.61 Å². The fraction of sp³-hybridized carbons (Fsp3) is 0.889. The highest BCUT2D eigenvalue weighted by Crippen LogP contribution is 2.20. The Bertz CT molecular complexity index is 143. The van der Waals surface area contributed by atoms with Crippen LogP contribution in [0.15, 0.2) is 0 Å². The van der Waals surface area contributed by atoms with Crippen molar-refractivity contribution in [3.05, 3.63) is 0 Å². The molecule has 0 atom stereocenters. The first-order valence-electron chi connectivity index (χ1n) is 4.27. The maximum Gasteiger partial charge on any atom is 0.312 e. The number of hydrogen-bond acceptors (Lipinski definition) is 2. The first-order valence-corrected chi connectivity index (χ1v) is 5.80. The molecule has 0 N–H and O–H groups in total. The van der Waals surface area contributed by atoms with Crippen LogP contribution in [0.4, 0.5) is 0 Å². The molecule has 2 nitrogen and oxygen atoms in total. The molecule has 0 aliphatic carbocycles. The van der Waals surface area contributed by atoms with E-state index in [1.54, 1.807) is 0 Å². The maximum atomic E-state index is 11.3. The molecule has 3 heteroatoms. The Morgan fingerprint density at radius 3 is 2.50 bits per heavy atom. The van der Waals surface area contributed by atoms with Crippen molar-refractivity contribution in [3.63, 3.8) is 0 Å². The average Bonchev–Trinajstić information content (AvgIpc) is 2.05. The van der Waals surface area contributed by atoms with Gasteiger partial charge < -0.3 is 4.74 Å². The Kier molecular flexibility index (Phi) is 5.88. The summed E-state index contributed by atoms with van der Waals surface area (Å²) in [6.45, 7) is 6.47. The molecule has 72 valence electrons. The lowest BCUT2D eigenvalue weighted by atomic mass is 9.97. The molecule has 0 aliphatic rings. The summed E-state index contributed by atoms with van der Waals surface area (Å²) >= 11 is 2.21. The van der Waals surface area contributed by atoms with E-state index in [-0.39, 0.29) is 11.4 Å². The second-order valence-corrected chi connectivity index (χ2v) is 4.27. The summed E-state index contributed by atoms with van der Waals surface area (Å²) < 4.78 is 5.90. The maximum absolute atomic E-state index is 11.3. The van der Waals surface area contributed by atoms with Crippen LogP contribution in [-0.2, 0) is 9.53 Å². The summed E-state index contributed by atoms with van der Waals surface area (Å²) in [7, 11) is 0. The second kappa shape index (κ2) is 5.78. The van der Waals surface area contributed by atoms with Gasteiger partial charge in [0.15, 0.2) is 0 Å². The summed E-state index contributed by atoms with van der Waals surface area (Å²) in [5, 5.41) is 0. The fourth-order valence-electron chi connectivity index (χ4n) is 0.559. The van der Waals surface area contributed by atoms with Crippen molar-refractivity contribution in [2.45, 2.75) is 33.6 Å². The van der Waals surface area contributed by atoms with E-state index in [9.17, 15) is 4.79 Å². The first kappa shape index (κ1) is 12.2. The minimum absolute atomic E-state index is 0.0784. The third-order valence-electron chi connectivity index (χ3n) is 1.62. The van der Waals surface area contributed by atoms with Crippen LogP contribution in [0.25, 0.3) is 0 Å². The quantitative estimate of drug-likeness (QED) is 0.336. The molecule has 0 saturated carbocycles. The SMILES string of the molecule is CCCCOC(=O)C(C)(C)CI. The van der Waals surface area contributed by atoms with E-state index in [4.69, 9.17) is 4.74 Å². The smallest absolute Gasteiger partial charge is 0.312 e. The Balaban J connectivity index is 3.72. The minimum Gasteiger partial charge on any atom is -0.465 e. The number of carbonyl (C=O) groups is 1. The van der Waals surface area contributed by atoms with Crippen molar-refractivity contribution in [2.75, 3.05) is 11.0 Å². The van der Waals surface area contributed by atoms with Crippen LogP contribution in [0.2, 0.25) is 0 Å². The molecule has 0 heterocycles. The van der Waals surface area contributed by atoms with E-state index >= 15 is 0 Å². The molecule has 0 rings (SSSR count). The summed E-state index contributed by atoms with van der Waals surface area (Å²) in [6, 6.07) is 0. The van der Waals surface area contributed by atoms with Crippen LogP contribution in [0.3, 0.4) is 0 Å².